The van der Waals surface area contributed by atoms with Crippen molar-refractivity contribution in [3.05, 3.63) is 28.9 Å². The van der Waals surface area contributed by atoms with Gasteiger partial charge >= 0.3 is 0 Å². The number of pyridine rings is 1. The molecule has 20 heavy (non-hydrogen) atoms. The van der Waals surface area contributed by atoms with E-state index in [1.165, 1.54) is 34.5 Å². The van der Waals surface area contributed by atoms with E-state index in [-0.39, 0.29) is 10.7 Å². The predicted octanol–water partition coefficient (Wildman–Crippen LogP) is 1.80. The fraction of sp³-hybridized carbons (Fsp3) is 0.333. The van der Waals surface area contributed by atoms with Crippen LogP contribution in [0.15, 0.2) is 23.2 Å². The Balaban J connectivity index is 1.86. The summed E-state index contributed by atoms with van der Waals surface area (Å²) < 4.78 is 26.9. The van der Waals surface area contributed by atoms with Gasteiger partial charge in [-0.15, -0.1) is 11.3 Å². The number of aromatic nitrogens is 2. The topological polar surface area (TPSA) is 98.0 Å². The van der Waals surface area contributed by atoms with Crippen molar-refractivity contribution in [3.63, 3.8) is 0 Å². The smallest absolute Gasteiger partial charge is 0.265 e. The van der Waals surface area contributed by atoms with Crippen molar-refractivity contribution in [2.75, 3.05) is 10.5 Å². The van der Waals surface area contributed by atoms with Crippen molar-refractivity contribution < 1.29 is 8.42 Å². The van der Waals surface area contributed by atoms with Crippen LogP contribution in [0.2, 0.25) is 0 Å². The largest absolute Gasteiger partial charge is 0.384 e. The Hall–Kier alpha value is -1.67. The first-order valence-corrected chi connectivity index (χ1v) is 8.57. The molecule has 106 valence electrons. The zero-order valence-corrected chi connectivity index (χ0v) is 12.3. The summed E-state index contributed by atoms with van der Waals surface area (Å²) in [5, 5.41) is 0.425. The van der Waals surface area contributed by atoms with E-state index in [2.05, 4.69) is 14.7 Å². The molecule has 2 aromatic heterocycles. The first kappa shape index (κ1) is 13.3. The van der Waals surface area contributed by atoms with Crippen molar-refractivity contribution in [3.8, 4) is 0 Å². The van der Waals surface area contributed by atoms with Gasteiger partial charge in [0.05, 0.1) is 5.69 Å². The third kappa shape index (κ3) is 2.61. The fourth-order valence-electron chi connectivity index (χ4n) is 2.12. The molecule has 0 saturated carbocycles. The van der Waals surface area contributed by atoms with Gasteiger partial charge in [0.15, 0.2) is 5.13 Å². The lowest BCUT2D eigenvalue weighted by molar-refractivity contribution is 0.601. The number of thiazole rings is 1. The van der Waals surface area contributed by atoms with Crippen molar-refractivity contribution >= 4 is 32.3 Å². The monoisotopic (exact) mass is 310 g/mol. The van der Waals surface area contributed by atoms with E-state index >= 15 is 0 Å². The lowest BCUT2D eigenvalue weighted by Crippen LogP contribution is -2.13. The zero-order valence-electron chi connectivity index (χ0n) is 10.7. The molecule has 3 N–H and O–H groups in total. The number of rotatable bonds is 3. The van der Waals surface area contributed by atoms with Crippen LogP contribution >= 0.6 is 11.3 Å². The van der Waals surface area contributed by atoms with E-state index in [1.54, 1.807) is 0 Å². The van der Waals surface area contributed by atoms with Gasteiger partial charge in [-0.3, -0.25) is 4.72 Å². The first-order chi connectivity index (χ1) is 9.54. The molecule has 0 saturated heterocycles. The molecule has 0 fully saturated rings. The number of aryl methyl sites for hydroxylation is 2. The molecule has 1 aliphatic carbocycles. The van der Waals surface area contributed by atoms with Crippen LogP contribution in [0.1, 0.15) is 23.4 Å². The highest BCUT2D eigenvalue weighted by Gasteiger charge is 2.20. The van der Waals surface area contributed by atoms with Crippen molar-refractivity contribution in [2.45, 2.75) is 30.6 Å². The van der Waals surface area contributed by atoms with Crippen LogP contribution in [-0.4, -0.2) is 18.4 Å². The SMILES string of the molecule is Nc1ccc(S(=O)(=O)Nc2nc3c(s2)CCCC3)cn1. The number of nitrogen functional groups attached to an aromatic ring is 1. The van der Waals surface area contributed by atoms with Crippen LogP contribution in [-0.2, 0) is 22.9 Å². The highest BCUT2D eigenvalue weighted by molar-refractivity contribution is 7.93. The molecule has 0 amide bonds. The Bertz CT molecular complexity index is 699. The second-order valence-corrected chi connectivity index (χ2v) is 7.39. The van der Waals surface area contributed by atoms with Gasteiger partial charge in [0.1, 0.15) is 10.7 Å². The number of anilines is 2. The fourth-order valence-corrected chi connectivity index (χ4v) is 4.35. The molecule has 8 heteroatoms. The van der Waals surface area contributed by atoms with E-state index in [4.69, 9.17) is 5.73 Å². The number of nitrogens with one attached hydrogen (secondary N) is 1. The van der Waals surface area contributed by atoms with Crippen LogP contribution < -0.4 is 10.5 Å². The number of hydrogen-bond acceptors (Lipinski definition) is 6. The summed E-state index contributed by atoms with van der Waals surface area (Å²) in [4.78, 5) is 9.42. The van der Waals surface area contributed by atoms with E-state index in [0.29, 0.717) is 5.13 Å². The Morgan fingerprint density at radius 2 is 2.05 bits per heavy atom. The lowest BCUT2D eigenvalue weighted by atomic mass is 10.0. The average Bonchev–Trinajstić information content (AvgIpc) is 2.80. The van der Waals surface area contributed by atoms with Gasteiger partial charge in [-0.25, -0.2) is 18.4 Å². The number of sulfonamides is 1. The van der Waals surface area contributed by atoms with Gasteiger partial charge in [-0.05, 0) is 37.8 Å². The van der Waals surface area contributed by atoms with Gasteiger partial charge in [0.2, 0.25) is 0 Å². The molecule has 3 rings (SSSR count). The lowest BCUT2D eigenvalue weighted by Gasteiger charge is -2.06. The Morgan fingerprint density at radius 3 is 2.75 bits per heavy atom. The standard InChI is InChI=1S/C12H14N4O2S2/c13-11-6-5-8(7-14-11)20(17,18)16-12-15-9-3-1-2-4-10(9)19-12/h5-7H,1-4H2,(H2,13,14)(H,15,16). The number of fused-ring (bicyclic) bond motifs is 1. The molecule has 2 heterocycles. The predicted molar refractivity (Wildman–Crippen MR) is 78.2 cm³/mol. The van der Waals surface area contributed by atoms with Crippen molar-refractivity contribution in [1.82, 2.24) is 9.97 Å². The van der Waals surface area contributed by atoms with Gasteiger partial charge in [0.25, 0.3) is 10.0 Å². The molecule has 2 aromatic rings. The van der Waals surface area contributed by atoms with E-state index in [1.807, 2.05) is 0 Å². The van der Waals surface area contributed by atoms with Crippen LogP contribution in [0.3, 0.4) is 0 Å². The van der Waals surface area contributed by atoms with E-state index in [0.717, 1.165) is 31.4 Å². The summed E-state index contributed by atoms with van der Waals surface area (Å²) in [5.74, 6) is 0.286. The van der Waals surface area contributed by atoms with Gasteiger partial charge < -0.3 is 5.73 Å². The molecule has 0 aromatic carbocycles. The van der Waals surface area contributed by atoms with Gasteiger partial charge in [0, 0.05) is 11.1 Å². The molecular weight excluding hydrogens is 296 g/mol. The molecule has 0 aliphatic heterocycles. The minimum Gasteiger partial charge on any atom is -0.384 e. The summed E-state index contributed by atoms with van der Waals surface area (Å²) in [6.45, 7) is 0. The second kappa shape index (κ2) is 5.02. The second-order valence-electron chi connectivity index (χ2n) is 4.62. The molecule has 0 radical (unpaired) electrons. The van der Waals surface area contributed by atoms with Crippen molar-refractivity contribution in [1.29, 1.82) is 0 Å². The summed E-state index contributed by atoms with van der Waals surface area (Å²) in [6, 6.07) is 2.89. The molecule has 1 aliphatic rings. The Labute approximate surface area is 121 Å². The minimum absolute atomic E-state index is 0.0832. The highest BCUT2D eigenvalue weighted by atomic mass is 32.2. The molecule has 0 spiro atoms. The minimum atomic E-state index is -3.65. The third-order valence-corrected chi connectivity index (χ3v) is 5.66. The number of nitrogens with zero attached hydrogens (tertiary/aromatic N) is 2. The molecule has 0 atom stereocenters. The number of hydrogen-bond donors (Lipinski definition) is 2. The molecular formula is C12H14N4O2S2. The Morgan fingerprint density at radius 1 is 1.25 bits per heavy atom. The quantitative estimate of drug-likeness (QED) is 0.900. The van der Waals surface area contributed by atoms with Crippen LogP contribution in [0.5, 0.6) is 0 Å². The van der Waals surface area contributed by atoms with E-state index in [9.17, 15) is 8.42 Å². The van der Waals surface area contributed by atoms with E-state index < -0.39 is 10.0 Å². The van der Waals surface area contributed by atoms with Crippen LogP contribution in [0.25, 0.3) is 0 Å². The maximum absolute atomic E-state index is 12.2. The summed E-state index contributed by atoms with van der Waals surface area (Å²) >= 11 is 1.41. The first-order valence-electron chi connectivity index (χ1n) is 6.27. The third-order valence-electron chi connectivity index (χ3n) is 3.14. The van der Waals surface area contributed by atoms with Gasteiger partial charge in [-0.2, -0.15) is 0 Å². The average molecular weight is 310 g/mol. The zero-order chi connectivity index (χ0) is 14.2. The maximum atomic E-state index is 12.2. The normalized spacial score (nSPS) is 14.8. The molecule has 0 unspecified atom stereocenters. The molecule has 0 bridgehead atoms. The maximum Gasteiger partial charge on any atom is 0.265 e. The van der Waals surface area contributed by atoms with Crippen molar-refractivity contribution in [2.24, 2.45) is 0 Å². The highest BCUT2D eigenvalue weighted by Crippen LogP contribution is 2.30. The molecule has 6 nitrogen and oxygen atoms in total. The Kier molecular flexibility index (Phi) is 3.35. The van der Waals surface area contributed by atoms with Crippen LogP contribution in [0.4, 0.5) is 10.9 Å². The van der Waals surface area contributed by atoms with Crippen LogP contribution in [0, 0.1) is 0 Å². The summed E-state index contributed by atoms with van der Waals surface area (Å²) in [7, 11) is -3.65. The number of nitrogens with two attached hydrogens (primary N) is 1. The summed E-state index contributed by atoms with van der Waals surface area (Å²) in [5.41, 5.74) is 6.47. The summed E-state index contributed by atoms with van der Waals surface area (Å²) in [6.07, 6.45) is 5.41. The van der Waals surface area contributed by atoms with Gasteiger partial charge in [-0.1, -0.05) is 0 Å².